The first-order valence-electron chi connectivity index (χ1n) is 10.5. The molecule has 0 aliphatic heterocycles. The van der Waals surface area contributed by atoms with Gasteiger partial charge in [0.1, 0.15) is 11.3 Å². The molecule has 4 aromatic rings. The summed E-state index contributed by atoms with van der Waals surface area (Å²) >= 11 is 3.39. The van der Waals surface area contributed by atoms with E-state index in [4.69, 9.17) is 9.15 Å². The first kappa shape index (κ1) is 23.3. The maximum Gasteiger partial charge on any atom is 0.307 e. The number of nitrogens with zero attached hydrogens (tertiary/aromatic N) is 1. The van der Waals surface area contributed by atoms with Crippen LogP contribution in [-0.2, 0) is 4.79 Å². The number of hydrazone groups is 1. The van der Waals surface area contributed by atoms with Gasteiger partial charge in [0.15, 0.2) is 12.4 Å². The average Bonchev–Trinajstić information content (AvgIpc) is 3.24. The van der Waals surface area contributed by atoms with Gasteiger partial charge in [0.05, 0.1) is 6.21 Å². The number of fused-ring (bicyclic) bond motifs is 1. The molecule has 0 saturated heterocycles. The zero-order valence-electron chi connectivity index (χ0n) is 18.6. The Morgan fingerprint density at radius 2 is 1.88 bits per heavy atom. The summed E-state index contributed by atoms with van der Waals surface area (Å²) in [6.45, 7) is 3.88. The lowest BCUT2D eigenvalue weighted by atomic mass is 10.1. The molecule has 0 spiro atoms. The monoisotopic (exact) mass is 519 g/mol. The van der Waals surface area contributed by atoms with Gasteiger partial charge in [0.2, 0.25) is 0 Å². The molecule has 0 aliphatic rings. The Kier molecular flexibility index (Phi) is 7.08. The Bertz CT molecular complexity index is 1390. The number of furan rings is 1. The summed E-state index contributed by atoms with van der Waals surface area (Å²) in [6.07, 6.45) is 1.49. The van der Waals surface area contributed by atoms with E-state index < -0.39 is 5.91 Å². The van der Waals surface area contributed by atoms with Crippen LogP contribution in [0, 0.1) is 13.8 Å². The summed E-state index contributed by atoms with van der Waals surface area (Å²) in [5.41, 5.74) is 6.75. The van der Waals surface area contributed by atoms with Gasteiger partial charge < -0.3 is 14.5 Å². The molecule has 8 heteroatoms. The molecule has 2 amide bonds. The van der Waals surface area contributed by atoms with Crippen LogP contribution in [0.25, 0.3) is 11.0 Å². The molecule has 3 aromatic carbocycles. The average molecular weight is 520 g/mol. The second kappa shape index (κ2) is 10.4. The molecule has 0 radical (unpaired) electrons. The minimum Gasteiger partial charge on any atom is -0.484 e. The summed E-state index contributed by atoms with van der Waals surface area (Å²) in [7, 11) is 0. The van der Waals surface area contributed by atoms with Crippen molar-refractivity contribution in [3.05, 3.63) is 93.7 Å². The molecule has 0 bridgehead atoms. The standard InChI is InChI=1S/C26H22BrN3O4/c1-16-6-8-21(10-17(16)2)29-25(31)15-33-22-5-3-4-18(11-22)14-28-30-26(32)24-13-19-12-20(27)7-9-23(19)34-24/h3-14H,15H2,1-2H3,(H,29,31)(H,30,32)/b28-14+. The van der Waals surface area contributed by atoms with E-state index >= 15 is 0 Å². The molecule has 0 aliphatic carbocycles. The van der Waals surface area contributed by atoms with Gasteiger partial charge in [-0.3, -0.25) is 9.59 Å². The highest BCUT2D eigenvalue weighted by Gasteiger charge is 2.11. The highest BCUT2D eigenvalue weighted by molar-refractivity contribution is 9.10. The number of benzene rings is 3. The Morgan fingerprint density at radius 3 is 2.71 bits per heavy atom. The third kappa shape index (κ3) is 5.90. The van der Waals surface area contributed by atoms with Crippen LogP contribution in [0.3, 0.4) is 0 Å². The molecule has 0 fully saturated rings. The van der Waals surface area contributed by atoms with Gasteiger partial charge in [-0.15, -0.1) is 0 Å². The highest BCUT2D eigenvalue weighted by Crippen LogP contribution is 2.23. The third-order valence-corrected chi connectivity index (χ3v) is 5.59. The molecule has 0 saturated carbocycles. The molecular formula is C26H22BrN3O4. The highest BCUT2D eigenvalue weighted by atomic mass is 79.9. The molecule has 0 unspecified atom stereocenters. The molecule has 0 atom stereocenters. The van der Waals surface area contributed by atoms with Crippen LogP contribution in [-0.4, -0.2) is 24.6 Å². The van der Waals surface area contributed by atoms with Crippen molar-refractivity contribution >= 4 is 50.6 Å². The maximum atomic E-state index is 12.3. The van der Waals surface area contributed by atoms with Crippen molar-refractivity contribution in [2.45, 2.75) is 13.8 Å². The van der Waals surface area contributed by atoms with Crippen LogP contribution in [0.2, 0.25) is 0 Å². The lowest BCUT2D eigenvalue weighted by Crippen LogP contribution is -2.20. The quantitative estimate of drug-likeness (QED) is 0.245. The van der Waals surface area contributed by atoms with Gasteiger partial charge in [-0.1, -0.05) is 34.1 Å². The van der Waals surface area contributed by atoms with Crippen molar-refractivity contribution in [3.8, 4) is 5.75 Å². The van der Waals surface area contributed by atoms with Crippen LogP contribution < -0.4 is 15.5 Å². The number of amides is 2. The van der Waals surface area contributed by atoms with E-state index in [1.165, 1.54) is 6.21 Å². The normalized spacial score (nSPS) is 11.0. The SMILES string of the molecule is Cc1ccc(NC(=O)COc2cccc(/C=N/NC(=O)c3cc4cc(Br)ccc4o3)c2)cc1C. The summed E-state index contributed by atoms with van der Waals surface area (Å²) in [6, 6.07) is 19.9. The number of aryl methyl sites for hydroxylation is 2. The van der Waals surface area contributed by atoms with E-state index in [0.29, 0.717) is 16.9 Å². The number of rotatable bonds is 7. The summed E-state index contributed by atoms with van der Waals surface area (Å²) in [4.78, 5) is 24.5. The van der Waals surface area contributed by atoms with Gasteiger partial charge in [0, 0.05) is 15.5 Å². The van der Waals surface area contributed by atoms with E-state index in [9.17, 15) is 9.59 Å². The first-order chi connectivity index (χ1) is 16.4. The first-order valence-corrected chi connectivity index (χ1v) is 11.3. The number of nitrogens with one attached hydrogen (secondary N) is 2. The minimum atomic E-state index is -0.459. The van der Waals surface area contributed by atoms with Crippen LogP contribution in [0.4, 0.5) is 5.69 Å². The zero-order chi connectivity index (χ0) is 24.1. The van der Waals surface area contributed by atoms with Gasteiger partial charge in [-0.2, -0.15) is 5.10 Å². The van der Waals surface area contributed by atoms with Crippen LogP contribution in [0.1, 0.15) is 27.2 Å². The Hall–Kier alpha value is -3.91. The van der Waals surface area contributed by atoms with Crippen LogP contribution >= 0.6 is 15.9 Å². The molecular weight excluding hydrogens is 498 g/mol. The van der Waals surface area contributed by atoms with Crippen LogP contribution in [0.5, 0.6) is 5.75 Å². The lowest BCUT2D eigenvalue weighted by Gasteiger charge is -2.09. The number of carbonyl (C=O) groups is 2. The predicted molar refractivity (Wildman–Crippen MR) is 135 cm³/mol. The van der Waals surface area contributed by atoms with Gasteiger partial charge >= 0.3 is 5.91 Å². The number of ether oxygens (including phenoxy) is 1. The Morgan fingerprint density at radius 1 is 1.03 bits per heavy atom. The fourth-order valence-corrected chi connectivity index (χ4v) is 3.58. The molecule has 1 aromatic heterocycles. The van der Waals surface area contributed by atoms with E-state index in [1.54, 1.807) is 36.4 Å². The number of halogens is 1. The minimum absolute atomic E-state index is 0.133. The smallest absolute Gasteiger partial charge is 0.307 e. The van der Waals surface area contributed by atoms with Crippen molar-refractivity contribution in [2.24, 2.45) is 5.10 Å². The predicted octanol–water partition coefficient (Wildman–Crippen LogP) is 5.59. The van der Waals surface area contributed by atoms with E-state index in [-0.39, 0.29) is 18.3 Å². The maximum absolute atomic E-state index is 12.3. The molecule has 172 valence electrons. The largest absolute Gasteiger partial charge is 0.484 e. The fraction of sp³-hybridized carbons (Fsp3) is 0.115. The topological polar surface area (TPSA) is 92.9 Å². The van der Waals surface area contributed by atoms with E-state index in [2.05, 4.69) is 31.8 Å². The second-order valence-electron chi connectivity index (χ2n) is 7.70. The van der Waals surface area contributed by atoms with Gasteiger partial charge in [-0.25, -0.2) is 5.43 Å². The van der Waals surface area contributed by atoms with Crippen LogP contribution in [0.15, 0.2) is 80.7 Å². The number of anilines is 1. The number of hydrogen-bond acceptors (Lipinski definition) is 5. The Balaban J connectivity index is 1.31. The molecule has 7 nitrogen and oxygen atoms in total. The summed E-state index contributed by atoms with van der Waals surface area (Å²) in [5, 5.41) is 7.62. The van der Waals surface area contributed by atoms with Gasteiger partial charge in [-0.05, 0) is 79.1 Å². The van der Waals surface area contributed by atoms with Crippen molar-refractivity contribution in [2.75, 3.05) is 11.9 Å². The molecule has 1 heterocycles. The molecule has 34 heavy (non-hydrogen) atoms. The Labute approximate surface area is 204 Å². The summed E-state index contributed by atoms with van der Waals surface area (Å²) in [5.74, 6) is -0.0445. The van der Waals surface area contributed by atoms with Crippen molar-refractivity contribution < 1.29 is 18.7 Å². The lowest BCUT2D eigenvalue weighted by molar-refractivity contribution is -0.118. The third-order valence-electron chi connectivity index (χ3n) is 5.10. The second-order valence-corrected chi connectivity index (χ2v) is 8.62. The fourth-order valence-electron chi connectivity index (χ4n) is 3.20. The molecule has 4 rings (SSSR count). The van der Waals surface area contributed by atoms with E-state index in [1.807, 2.05) is 44.2 Å². The molecule has 2 N–H and O–H groups in total. The van der Waals surface area contributed by atoms with Crippen molar-refractivity contribution in [3.63, 3.8) is 0 Å². The number of hydrogen-bond donors (Lipinski definition) is 2. The zero-order valence-corrected chi connectivity index (χ0v) is 20.2. The van der Waals surface area contributed by atoms with Crippen molar-refractivity contribution in [1.82, 2.24) is 5.43 Å². The van der Waals surface area contributed by atoms with Crippen molar-refractivity contribution in [1.29, 1.82) is 0 Å². The van der Waals surface area contributed by atoms with Gasteiger partial charge in [0.25, 0.3) is 5.91 Å². The van der Waals surface area contributed by atoms with E-state index in [0.717, 1.165) is 26.7 Å². The number of carbonyl (C=O) groups excluding carboxylic acids is 2. The summed E-state index contributed by atoms with van der Waals surface area (Å²) < 4.78 is 12.0.